The first kappa shape index (κ1) is 16.1. The lowest BCUT2D eigenvalue weighted by atomic mass is 10.1. The maximum absolute atomic E-state index is 9.37. The Balaban J connectivity index is 1.74. The van der Waals surface area contributed by atoms with Crippen molar-refractivity contribution in [2.75, 3.05) is 45.7 Å². The van der Waals surface area contributed by atoms with E-state index in [1.807, 2.05) is 24.3 Å². The number of hydrogen-bond acceptors (Lipinski definition) is 6. The standard InChI is InChI=1S/C17H19N3O2S/c1-21-15-3-2-13-10-14(12-18)17(19-16(13)11-15)23-9-6-20-4-7-22-8-5-20/h2-3,10-11H,4-9H2,1H3. The van der Waals surface area contributed by atoms with Gasteiger partial charge in [0.15, 0.2) is 0 Å². The van der Waals surface area contributed by atoms with Gasteiger partial charge in [0.05, 0.1) is 31.4 Å². The molecule has 0 saturated carbocycles. The van der Waals surface area contributed by atoms with E-state index in [0.29, 0.717) is 5.56 Å². The quantitative estimate of drug-likeness (QED) is 0.786. The molecule has 0 spiro atoms. The SMILES string of the molecule is COc1ccc2cc(C#N)c(SCCN3CCOCC3)nc2c1. The van der Waals surface area contributed by atoms with Crippen LogP contribution in [0.25, 0.3) is 10.9 Å². The fourth-order valence-corrected chi connectivity index (χ4v) is 3.51. The minimum Gasteiger partial charge on any atom is -0.497 e. The molecule has 2 aromatic rings. The number of morpholine rings is 1. The lowest BCUT2D eigenvalue weighted by molar-refractivity contribution is 0.0410. The molecule has 1 saturated heterocycles. The van der Waals surface area contributed by atoms with Crippen LogP contribution >= 0.6 is 11.8 Å². The van der Waals surface area contributed by atoms with E-state index in [1.165, 1.54) is 0 Å². The molecule has 1 fully saturated rings. The molecular weight excluding hydrogens is 310 g/mol. The number of fused-ring (bicyclic) bond motifs is 1. The molecule has 1 aliphatic heterocycles. The molecule has 0 aliphatic carbocycles. The highest BCUT2D eigenvalue weighted by molar-refractivity contribution is 7.99. The van der Waals surface area contributed by atoms with Crippen LogP contribution in [0.1, 0.15) is 5.56 Å². The van der Waals surface area contributed by atoms with Crippen molar-refractivity contribution in [2.24, 2.45) is 0 Å². The van der Waals surface area contributed by atoms with Crippen LogP contribution in [-0.4, -0.2) is 55.6 Å². The number of hydrogen-bond donors (Lipinski definition) is 0. The van der Waals surface area contributed by atoms with Gasteiger partial charge in [0.2, 0.25) is 0 Å². The lowest BCUT2D eigenvalue weighted by Gasteiger charge is -2.26. The molecule has 0 N–H and O–H groups in total. The van der Waals surface area contributed by atoms with E-state index in [2.05, 4.69) is 16.0 Å². The lowest BCUT2D eigenvalue weighted by Crippen LogP contribution is -2.37. The second-order valence-corrected chi connectivity index (χ2v) is 6.40. The van der Waals surface area contributed by atoms with Crippen LogP contribution in [0.2, 0.25) is 0 Å². The van der Waals surface area contributed by atoms with Crippen molar-refractivity contribution in [1.82, 2.24) is 9.88 Å². The third-order valence-electron chi connectivity index (χ3n) is 3.86. The predicted octanol–water partition coefficient (Wildman–Crippen LogP) is 2.54. The summed E-state index contributed by atoms with van der Waals surface area (Å²) in [6.07, 6.45) is 0. The fraction of sp³-hybridized carbons (Fsp3) is 0.412. The Kier molecular flexibility index (Phi) is 5.34. The Morgan fingerprint density at radius 1 is 1.35 bits per heavy atom. The normalized spacial score (nSPS) is 15.5. The van der Waals surface area contributed by atoms with Gasteiger partial charge in [0.25, 0.3) is 0 Å². The average Bonchev–Trinajstić information content (AvgIpc) is 2.61. The third-order valence-corrected chi connectivity index (χ3v) is 4.83. The maximum Gasteiger partial charge on any atom is 0.121 e. The summed E-state index contributed by atoms with van der Waals surface area (Å²) in [6.45, 7) is 4.56. The molecule has 6 heteroatoms. The van der Waals surface area contributed by atoms with E-state index in [4.69, 9.17) is 9.47 Å². The van der Waals surface area contributed by atoms with Crippen molar-refractivity contribution >= 4 is 22.7 Å². The van der Waals surface area contributed by atoms with Gasteiger partial charge < -0.3 is 9.47 Å². The average molecular weight is 329 g/mol. The van der Waals surface area contributed by atoms with Crippen molar-refractivity contribution in [1.29, 1.82) is 5.26 Å². The fourth-order valence-electron chi connectivity index (χ4n) is 2.54. The van der Waals surface area contributed by atoms with Crippen molar-refractivity contribution in [3.63, 3.8) is 0 Å². The van der Waals surface area contributed by atoms with Gasteiger partial charge in [0.1, 0.15) is 16.8 Å². The summed E-state index contributed by atoms with van der Waals surface area (Å²) in [5, 5.41) is 11.1. The molecule has 0 radical (unpaired) electrons. The minimum atomic E-state index is 0.634. The van der Waals surface area contributed by atoms with Gasteiger partial charge in [-0.2, -0.15) is 5.26 Å². The number of thioether (sulfide) groups is 1. The van der Waals surface area contributed by atoms with Gasteiger partial charge in [-0.3, -0.25) is 4.90 Å². The molecule has 0 amide bonds. The van der Waals surface area contributed by atoms with Crippen LogP contribution in [0.4, 0.5) is 0 Å². The molecule has 0 unspecified atom stereocenters. The van der Waals surface area contributed by atoms with Crippen LogP contribution in [0.3, 0.4) is 0 Å². The first-order chi connectivity index (χ1) is 11.3. The van der Waals surface area contributed by atoms with Crippen LogP contribution in [-0.2, 0) is 4.74 Å². The zero-order valence-electron chi connectivity index (χ0n) is 13.1. The molecule has 3 rings (SSSR count). The van der Waals surface area contributed by atoms with Gasteiger partial charge in [-0.25, -0.2) is 4.98 Å². The Labute approximate surface area is 140 Å². The summed E-state index contributed by atoms with van der Waals surface area (Å²) in [4.78, 5) is 7.04. The first-order valence-corrected chi connectivity index (χ1v) is 8.60. The zero-order valence-corrected chi connectivity index (χ0v) is 13.9. The first-order valence-electron chi connectivity index (χ1n) is 7.62. The molecule has 0 atom stereocenters. The molecule has 23 heavy (non-hydrogen) atoms. The minimum absolute atomic E-state index is 0.634. The molecule has 0 bridgehead atoms. The van der Waals surface area contributed by atoms with Crippen LogP contribution in [0.5, 0.6) is 5.75 Å². The topological polar surface area (TPSA) is 58.4 Å². The molecule has 120 valence electrons. The number of methoxy groups -OCH3 is 1. The van der Waals surface area contributed by atoms with E-state index in [-0.39, 0.29) is 0 Å². The molecule has 5 nitrogen and oxygen atoms in total. The number of rotatable bonds is 5. The summed E-state index contributed by atoms with van der Waals surface area (Å²) in [7, 11) is 1.64. The van der Waals surface area contributed by atoms with Crippen LogP contribution in [0, 0.1) is 11.3 Å². The molecule has 1 aliphatic rings. The summed E-state index contributed by atoms with van der Waals surface area (Å²) >= 11 is 1.64. The highest BCUT2D eigenvalue weighted by atomic mass is 32.2. The Bertz CT molecular complexity index is 724. The van der Waals surface area contributed by atoms with Gasteiger partial charge >= 0.3 is 0 Å². The van der Waals surface area contributed by atoms with Crippen molar-refractivity contribution < 1.29 is 9.47 Å². The van der Waals surface area contributed by atoms with Crippen LogP contribution in [0.15, 0.2) is 29.3 Å². The van der Waals surface area contributed by atoms with Gasteiger partial charge in [-0.15, -0.1) is 11.8 Å². The number of benzene rings is 1. The van der Waals surface area contributed by atoms with E-state index in [0.717, 1.165) is 60.3 Å². The molecule has 1 aromatic heterocycles. The molecule has 1 aromatic carbocycles. The van der Waals surface area contributed by atoms with Crippen molar-refractivity contribution in [3.8, 4) is 11.8 Å². The van der Waals surface area contributed by atoms with Gasteiger partial charge in [-0.1, -0.05) is 0 Å². The van der Waals surface area contributed by atoms with E-state index >= 15 is 0 Å². The number of aromatic nitrogens is 1. The Morgan fingerprint density at radius 3 is 2.91 bits per heavy atom. The number of nitriles is 1. The monoisotopic (exact) mass is 329 g/mol. The van der Waals surface area contributed by atoms with Crippen molar-refractivity contribution in [2.45, 2.75) is 5.03 Å². The number of ether oxygens (including phenoxy) is 2. The molecule has 2 heterocycles. The third kappa shape index (κ3) is 3.94. The number of pyridine rings is 1. The summed E-state index contributed by atoms with van der Waals surface area (Å²) in [5.41, 5.74) is 1.49. The summed E-state index contributed by atoms with van der Waals surface area (Å²) in [5.74, 6) is 1.69. The van der Waals surface area contributed by atoms with Gasteiger partial charge in [0, 0.05) is 36.8 Å². The van der Waals surface area contributed by atoms with E-state index in [9.17, 15) is 5.26 Å². The highest BCUT2D eigenvalue weighted by Gasteiger charge is 2.12. The summed E-state index contributed by atoms with van der Waals surface area (Å²) in [6, 6.07) is 9.88. The molecular formula is C17H19N3O2S. The van der Waals surface area contributed by atoms with Crippen molar-refractivity contribution in [3.05, 3.63) is 29.8 Å². The van der Waals surface area contributed by atoms with Gasteiger partial charge in [-0.05, 0) is 18.2 Å². The Hall–Kier alpha value is -1.81. The predicted molar refractivity (Wildman–Crippen MR) is 91.0 cm³/mol. The second-order valence-electron chi connectivity index (χ2n) is 5.31. The van der Waals surface area contributed by atoms with Crippen LogP contribution < -0.4 is 4.74 Å². The zero-order chi connectivity index (χ0) is 16.1. The highest BCUT2D eigenvalue weighted by Crippen LogP contribution is 2.27. The van der Waals surface area contributed by atoms with E-state index < -0.39 is 0 Å². The smallest absolute Gasteiger partial charge is 0.121 e. The largest absolute Gasteiger partial charge is 0.497 e. The number of nitrogens with zero attached hydrogens (tertiary/aromatic N) is 3. The Morgan fingerprint density at radius 2 is 2.17 bits per heavy atom. The van der Waals surface area contributed by atoms with E-state index in [1.54, 1.807) is 18.9 Å². The second kappa shape index (κ2) is 7.64. The maximum atomic E-state index is 9.37. The summed E-state index contributed by atoms with van der Waals surface area (Å²) < 4.78 is 10.6.